The molecule has 1 aromatic rings. The Balaban J connectivity index is 0.00000441. The molecule has 0 unspecified atom stereocenters. The first-order valence-corrected chi connectivity index (χ1v) is 6.39. The molecule has 0 aromatic heterocycles. The van der Waals surface area contributed by atoms with Crippen LogP contribution in [0.4, 0.5) is 14.5 Å². The number of nitrogens with two attached hydrogens (primary N) is 1. The van der Waals surface area contributed by atoms with Crippen molar-refractivity contribution >= 4 is 40.0 Å². The van der Waals surface area contributed by atoms with Crippen molar-refractivity contribution in [1.82, 2.24) is 0 Å². The zero-order valence-corrected chi connectivity index (χ0v) is 13.5. The van der Waals surface area contributed by atoms with E-state index >= 15 is 0 Å². The smallest absolute Gasteiger partial charge is 0.379 e. The first-order valence-electron chi connectivity index (χ1n) is 5.60. The number of halogens is 4. The van der Waals surface area contributed by atoms with Gasteiger partial charge in [0.2, 0.25) is 0 Å². The average molecular weight is 406 g/mol. The minimum absolute atomic E-state index is 0. The number of hydrogen-bond donors (Lipinski definition) is 2. The predicted octanol–water partition coefficient (Wildman–Crippen LogP) is 2.68. The standard InChI is InChI=1S/C11H11BrF2N2O5.ClH/c1-2-21-10(18)11(13,14)9(15)6-3-5(16(19)20)4-7(12)8(6)17;/h3-4,9,17H,2,15H2,1H3;1H/t9-;/m0./s1. The van der Waals surface area contributed by atoms with Crippen LogP contribution in [-0.2, 0) is 9.53 Å². The van der Waals surface area contributed by atoms with E-state index in [0.717, 1.165) is 6.07 Å². The Hall–Kier alpha value is -1.52. The zero-order valence-electron chi connectivity index (χ0n) is 11.1. The number of esters is 1. The van der Waals surface area contributed by atoms with Crippen molar-refractivity contribution in [3.8, 4) is 5.75 Å². The predicted molar refractivity (Wildman–Crippen MR) is 78.2 cm³/mol. The number of nitro benzene ring substituents is 1. The molecule has 0 aliphatic carbocycles. The molecule has 1 aromatic carbocycles. The number of carbonyl (C=O) groups excluding carboxylic acids is 1. The Labute approximate surface area is 138 Å². The van der Waals surface area contributed by atoms with Crippen molar-refractivity contribution in [2.45, 2.75) is 18.9 Å². The van der Waals surface area contributed by atoms with Crippen molar-refractivity contribution in [3.63, 3.8) is 0 Å². The van der Waals surface area contributed by atoms with Gasteiger partial charge in [-0.2, -0.15) is 8.78 Å². The SMILES string of the molecule is CCOC(=O)C(F)(F)[C@@H](N)c1cc([N+](=O)[O-])cc(Br)c1O.Cl. The average Bonchev–Trinajstić information content (AvgIpc) is 2.40. The van der Waals surface area contributed by atoms with Gasteiger partial charge in [0.1, 0.15) is 11.8 Å². The lowest BCUT2D eigenvalue weighted by Gasteiger charge is -2.22. The lowest BCUT2D eigenvalue weighted by atomic mass is 9.99. The van der Waals surface area contributed by atoms with Crippen LogP contribution < -0.4 is 5.73 Å². The van der Waals surface area contributed by atoms with Gasteiger partial charge in [-0.15, -0.1) is 12.4 Å². The first-order chi connectivity index (χ1) is 9.62. The Kier molecular flexibility index (Phi) is 7.13. The maximum Gasteiger partial charge on any atom is 0.379 e. The summed E-state index contributed by atoms with van der Waals surface area (Å²) in [7, 11) is 0. The van der Waals surface area contributed by atoms with E-state index in [1.54, 1.807) is 0 Å². The first kappa shape index (κ1) is 20.5. The number of ether oxygens (including phenoxy) is 1. The topological polar surface area (TPSA) is 116 Å². The van der Waals surface area contributed by atoms with Gasteiger partial charge >= 0.3 is 11.9 Å². The van der Waals surface area contributed by atoms with E-state index < -0.39 is 39.9 Å². The molecule has 0 saturated heterocycles. The molecule has 0 aliphatic rings. The molecule has 1 atom stereocenters. The second-order valence-electron chi connectivity index (χ2n) is 3.94. The third-order valence-electron chi connectivity index (χ3n) is 2.56. The number of carbonyl (C=O) groups is 1. The van der Waals surface area contributed by atoms with Crippen molar-refractivity contribution in [1.29, 1.82) is 0 Å². The molecule has 0 heterocycles. The summed E-state index contributed by atoms with van der Waals surface area (Å²) in [6.45, 7) is 1.05. The number of phenols is 1. The minimum Gasteiger partial charge on any atom is -0.506 e. The molecule has 0 saturated carbocycles. The monoisotopic (exact) mass is 404 g/mol. The molecule has 0 spiro atoms. The number of non-ortho nitro benzene ring substituents is 1. The molecular formula is C11H12BrClF2N2O5. The molecule has 0 bridgehead atoms. The molecule has 0 aliphatic heterocycles. The Morgan fingerprint density at radius 2 is 2.14 bits per heavy atom. The van der Waals surface area contributed by atoms with Crippen LogP contribution in [0, 0.1) is 10.1 Å². The van der Waals surface area contributed by atoms with Gasteiger partial charge in [0.15, 0.2) is 0 Å². The number of rotatable bonds is 5. The van der Waals surface area contributed by atoms with Gasteiger partial charge in [0.05, 0.1) is 16.0 Å². The summed E-state index contributed by atoms with van der Waals surface area (Å²) in [5, 5.41) is 20.4. The largest absolute Gasteiger partial charge is 0.506 e. The van der Waals surface area contributed by atoms with Crippen LogP contribution in [0.25, 0.3) is 0 Å². The fraction of sp³-hybridized carbons (Fsp3) is 0.364. The molecule has 0 fully saturated rings. The van der Waals surface area contributed by atoms with E-state index in [4.69, 9.17) is 5.73 Å². The second-order valence-corrected chi connectivity index (χ2v) is 4.80. The molecule has 3 N–H and O–H groups in total. The molecule has 7 nitrogen and oxygen atoms in total. The Morgan fingerprint density at radius 1 is 1.59 bits per heavy atom. The number of hydrogen-bond acceptors (Lipinski definition) is 6. The van der Waals surface area contributed by atoms with E-state index in [0.29, 0.717) is 6.07 Å². The van der Waals surface area contributed by atoms with Gasteiger partial charge in [-0.3, -0.25) is 10.1 Å². The molecule has 0 amide bonds. The van der Waals surface area contributed by atoms with Crippen LogP contribution in [0.3, 0.4) is 0 Å². The number of phenolic OH excluding ortho intramolecular Hbond substituents is 1. The highest BCUT2D eigenvalue weighted by Gasteiger charge is 2.49. The number of alkyl halides is 2. The number of nitrogens with zero attached hydrogens (tertiary/aromatic N) is 1. The second kappa shape index (κ2) is 7.65. The number of benzene rings is 1. The lowest BCUT2D eigenvalue weighted by Crippen LogP contribution is -2.41. The third kappa shape index (κ3) is 4.02. The highest BCUT2D eigenvalue weighted by molar-refractivity contribution is 9.10. The van der Waals surface area contributed by atoms with Gasteiger partial charge in [0.25, 0.3) is 5.69 Å². The summed E-state index contributed by atoms with van der Waals surface area (Å²) in [5.41, 5.74) is 4.08. The van der Waals surface area contributed by atoms with Crippen LogP contribution in [-0.4, -0.2) is 28.5 Å². The van der Waals surface area contributed by atoms with Crippen molar-refractivity contribution in [2.75, 3.05) is 6.61 Å². The minimum atomic E-state index is -4.15. The Morgan fingerprint density at radius 3 is 2.59 bits per heavy atom. The maximum absolute atomic E-state index is 13.8. The van der Waals surface area contributed by atoms with Crippen LogP contribution in [0.5, 0.6) is 5.75 Å². The van der Waals surface area contributed by atoms with Crippen molar-refractivity contribution < 1.29 is 28.3 Å². The van der Waals surface area contributed by atoms with E-state index in [1.165, 1.54) is 6.92 Å². The van der Waals surface area contributed by atoms with Gasteiger partial charge < -0.3 is 15.6 Å². The van der Waals surface area contributed by atoms with E-state index in [-0.39, 0.29) is 23.5 Å². The molecule has 0 radical (unpaired) electrons. The van der Waals surface area contributed by atoms with E-state index in [1.807, 2.05) is 0 Å². The summed E-state index contributed by atoms with van der Waals surface area (Å²) < 4.78 is 31.7. The fourth-order valence-electron chi connectivity index (χ4n) is 1.50. The molecule has 124 valence electrons. The van der Waals surface area contributed by atoms with Gasteiger partial charge in [-0.05, 0) is 22.9 Å². The maximum atomic E-state index is 13.8. The highest BCUT2D eigenvalue weighted by atomic mass is 79.9. The summed E-state index contributed by atoms with van der Waals surface area (Å²) in [4.78, 5) is 21.1. The van der Waals surface area contributed by atoms with Crippen LogP contribution in [0.1, 0.15) is 18.5 Å². The van der Waals surface area contributed by atoms with E-state index in [2.05, 4.69) is 20.7 Å². The van der Waals surface area contributed by atoms with Crippen LogP contribution >= 0.6 is 28.3 Å². The van der Waals surface area contributed by atoms with Gasteiger partial charge in [-0.25, -0.2) is 4.79 Å². The van der Waals surface area contributed by atoms with Crippen LogP contribution in [0.15, 0.2) is 16.6 Å². The van der Waals surface area contributed by atoms with E-state index in [9.17, 15) is 28.8 Å². The number of aromatic hydroxyl groups is 1. The molecular weight excluding hydrogens is 393 g/mol. The van der Waals surface area contributed by atoms with Crippen molar-refractivity contribution in [3.05, 3.63) is 32.3 Å². The zero-order chi connectivity index (χ0) is 16.4. The summed E-state index contributed by atoms with van der Waals surface area (Å²) in [6.07, 6.45) is 0. The lowest BCUT2D eigenvalue weighted by molar-refractivity contribution is -0.385. The van der Waals surface area contributed by atoms with Gasteiger partial charge in [-0.1, -0.05) is 0 Å². The summed E-state index contributed by atoms with van der Waals surface area (Å²) >= 11 is 2.80. The van der Waals surface area contributed by atoms with Crippen LogP contribution in [0.2, 0.25) is 0 Å². The summed E-state index contributed by atoms with van der Waals surface area (Å²) in [6, 6.07) is -0.695. The quantitative estimate of drug-likeness (QED) is 0.442. The fourth-order valence-corrected chi connectivity index (χ4v) is 1.96. The normalized spacial score (nSPS) is 12.2. The highest BCUT2D eigenvalue weighted by Crippen LogP contribution is 2.40. The van der Waals surface area contributed by atoms with Crippen molar-refractivity contribution in [2.24, 2.45) is 5.73 Å². The number of nitro groups is 1. The Bertz CT molecular complexity index is 588. The molecule has 1 rings (SSSR count). The third-order valence-corrected chi connectivity index (χ3v) is 3.17. The molecule has 11 heteroatoms. The van der Waals surface area contributed by atoms with Gasteiger partial charge in [0, 0.05) is 17.7 Å². The summed E-state index contributed by atoms with van der Waals surface area (Å²) in [5.74, 6) is -6.74. The molecule has 22 heavy (non-hydrogen) atoms.